The van der Waals surface area contributed by atoms with Gasteiger partial charge in [0.25, 0.3) is 0 Å². The maximum absolute atomic E-state index is 5.90. The summed E-state index contributed by atoms with van der Waals surface area (Å²) < 4.78 is 12.6. The van der Waals surface area contributed by atoms with Gasteiger partial charge in [0.2, 0.25) is 5.82 Å². The number of nitrogens with zero attached hydrogens (tertiary/aromatic N) is 6. The second-order valence-corrected chi connectivity index (χ2v) is 7.87. The minimum absolute atomic E-state index is 0.157. The van der Waals surface area contributed by atoms with E-state index in [1.165, 1.54) is 4.68 Å². The van der Waals surface area contributed by atoms with Crippen molar-refractivity contribution in [1.29, 1.82) is 0 Å². The molecule has 10 heteroatoms. The molecule has 0 aliphatic heterocycles. The minimum atomic E-state index is -0.419. The number of nitrogens with one attached hydrogen (secondary N) is 1. The molecule has 33 heavy (non-hydrogen) atoms. The molecule has 0 aliphatic rings. The van der Waals surface area contributed by atoms with Gasteiger partial charge in [0, 0.05) is 32.7 Å². The van der Waals surface area contributed by atoms with E-state index >= 15 is 0 Å². The van der Waals surface area contributed by atoms with E-state index in [-0.39, 0.29) is 6.61 Å². The molecule has 0 aliphatic carbocycles. The Labute approximate surface area is 193 Å². The maximum Gasteiger partial charge on any atom is 0.204 e. The van der Waals surface area contributed by atoms with E-state index in [0.717, 1.165) is 12.0 Å². The van der Waals surface area contributed by atoms with Crippen LogP contribution in [0.1, 0.15) is 37.4 Å². The predicted molar refractivity (Wildman–Crippen MR) is 124 cm³/mol. The molecule has 3 aromatic rings. The fourth-order valence-corrected chi connectivity index (χ4v) is 2.94. The number of anilines is 1. The summed E-state index contributed by atoms with van der Waals surface area (Å²) in [6.07, 6.45) is 0.730. The quantitative estimate of drug-likeness (QED) is 0.254. The number of hydrogen-bond donors (Lipinski definition) is 1. The lowest BCUT2D eigenvalue weighted by Crippen LogP contribution is -2.27. The van der Waals surface area contributed by atoms with Gasteiger partial charge in [-0.3, -0.25) is 0 Å². The molecule has 1 N–H and O–H groups in total. The second-order valence-electron chi connectivity index (χ2n) is 7.87. The maximum atomic E-state index is 5.90. The Morgan fingerprint density at radius 3 is 2.64 bits per heavy atom. The molecule has 0 radical (unpaired) electrons. The highest BCUT2D eigenvalue weighted by molar-refractivity contribution is 6.10. The Hall–Kier alpha value is -3.79. The Bertz CT molecular complexity index is 1080. The van der Waals surface area contributed by atoms with Crippen LogP contribution in [0.5, 0.6) is 0 Å². The lowest BCUT2D eigenvalue weighted by Gasteiger charge is -2.27. The van der Waals surface area contributed by atoms with Crippen molar-refractivity contribution < 1.29 is 14.3 Å². The molecule has 2 heterocycles. The number of aryl methyl sites for hydroxylation is 1. The summed E-state index contributed by atoms with van der Waals surface area (Å²) in [5, 5.41) is 19.0. The Morgan fingerprint density at radius 1 is 1.15 bits per heavy atom. The number of benzene rings is 1. The molecule has 1 aromatic carbocycles. The molecule has 0 saturated carbocycles. The topological polar surface area (TPSA) is 109 Å². The van der Waals surface area contributed by atoms with Gasteiger partial charge in [-0.05, 0) is 43.0 Å². The lowest BCUT2D eigenvalue weighted by atomic mass is 10.1. The normalized spacial score (nSPS) is 11.8. The van der Waals surface area contributed by atoms with Crippen LogP contribution in [-0.2, 0) is 28.0 Å². The van der Waals surface area contributed by atoms with Crippen LogP contribution in [0.15, 0.2) is 66.1 Å². The van der Waals surface area contributed by atoms with Crippen LogP contribution in [0, 0.1) is 0 Å². The van der Waals surface area contributed by atoms with E-state index in [2.05, 4.69) is 37.6 Å². The summed E-state index contributed by atoms with van der Waals surface area (Å²) in [6.45, 7) is 8.65. The van der Waals surface area contributed by atoms with Crippen molar-refractivity contribution in [2.75, 3.05) is 19.0 Å². The van der Waals surface area contributed by atoms with Crippen molar-refractivity contribution in [3.8, 4) is 0 Å². The first-order chi connectivity index (χ1) is 15.9. The van der Waals surface area contributed by atoms with E-state index in [4.69, 9.17) is 14.3 Å². The van der Waals surface area contributed by atoms with Gasteiger partial charge in [0.1, 0.15) is 11.4 Å². The molecule has 0 unspecified atom stereocenters. The number of pyridine rings is 1. The largest absolute Gasteiger partial charge is 0.473 e. The summed E-state index contributed by atoms with van der Waals surface area (Å²) >= 11 is 0. The van der Waals surface area contributed by atoms with Crippen molar-refractivity contribution in [3.05, 3.63) is 78.1 Å². The third kappa shape index (κ3) is 7.11. The minimum Gasteiger partial charge on any atom is -0.473 e. The molecule has 2 aromatic heterocycles. The van der Waals surface area contributed by atoms with E-state index in [1.54, 1.807) is 14.2 Å². The van der Waals surface area contributed by atoms with Crippen LogP contribution in [0.4, 0.5) is 5.82 Å². The molecule has 0 saturated heterocycles. The van der Waals surface area contributed by atoms with Crippen LogP contribution in [0.3, 0.4) is 0 Å². The number of methoxy groups -OCH3 is 1. The highest BCUT2D eigenvalue weighted by Crippen LogP contribution is 2.19. The summed E-state index contributed by atoms with van der Waals surface area (Å²) in [7, 11) is 3.41. The fraction of sp³-hybridized carbons (Fsp3) is 0.348. The highest BCUT2D eigenvalue weighted by atomic mass is 16.6. The Balaban J connectivity index is 1.65. The molecule has 10 nitrogen and oxygen atoms in total. The first-order valence-electron chi connectivity index (χ1n) is 10.5. The predicted octanol–water partition coefficient (Wildman–Crippen LogP) is 3.29. The van der Waals surface area contributed by atoms with Crippen molar-refractivity contribution >= 4 is 11.5 Å². The summed E-state index contributed by atoms with van der Waals surface area (Å²) in [6, 6.07) is 15.1. The summed E-state index contributed by atoms with van der Waals surface area (Å²) in [5.41, 5.74) is 1.62. The fourth-order valence-electron chi connectivity index (χ4n) is 2.94. The molecule has 0 spiro atoms. The number of oxime groups is 1. The number of aromatic nitrogens is 5. The van der Waals surface area contributed by atoms with Crippen molar-refractivity contribution in [2.45, 2.75) is 32.5 Å². The van der Waals surface area contributed by atoms with Crippen LogP contribution < -0.4 is 5.32 Å². The van der Waals surface area contributed by atoms with Gasteiger partial charge in [0.15, 0.2) is 18.2 Å². The number of tetrazole rings is 1. The zero-order valence-electron chi connectivity index (χ0n) is 19.4. The molecule has 174 valence electrons. The van der Waals surface area contributed by atoms with Gasteiger partial charge in [0.05, 0.1) is 5.69 Å². The van der Waals surface area contributed by atoms with Crippen molar-refractivity contribution in [2.24, 2.45) is 12.2 Å². The van der Waals surface area contributed by atoms with E-state index in [1.807, 2.05) is 62.4 Å². The Morgan fingerprint density at radius 2 is 1.94 bits per heavy atom. The van der Waals surface area contributed by atoms with Crippen molar-refractivity contribution in [1.82, 2.24) is 25.2 Å². The standard InChI is InChI=1S/C23H29N7O3/c1-17(33-23(2,3)14-15-31-5)24-20-13-9-12-19(25-20)16-32-27-21(18-10-7-6-8-11-18)22-26-28-29-30(22)4/h6-13H,1,14-16H2,2-5H3,(H,24,25)/b27-21-. The molecule has 0 bridgehead atoms. The summed E-state index contributed by atoms with van der Waals surface area (Å²) in [4.78, 5) is 10.2. The summed E-state index contributed by atoms with van der Waals surface area (Å²) in [5.74, 6) is 1.49. The van der Waals surface area contributed by atoms with Gasteiger partial charge in [-0.2, -0.15) is 0 Å². The van der Waals surface area contributed by atoms with E-state index in [9.17, 15) is 0 Å². The number of ether oxygens (including phenoxy) is 2. The smallest absolute Gasteiger partial charge is 0.204 e. The third-order valence-electron chi connectivity index (χ3n) is 4.63. The lowest BCUT2D eigenvalue weighted by molar-refractivity contribution is 0.0103. The van der Waals surface area contributed by atoms with Gasteiger partial charge >= 0.3 is 0 Å². The number of rotatable bonds is 12. The van der Waals surface area contributed by atoms with Crippen LogP contribution in [-0.4, -0.2) is 50.2 Å². The molecule has 0 amide bonds. The zero-order chi connectivity index (χ0) is 23.7. The number of hydrogen-bond acceptors (Lipinski definition) is 9. The van der Waals surface area contributed by atoms with E-state index in [0.29, 0.717) is 35.5 Å². The average Bonchev–Trinajstić information content (AvgIpc) is 3.21. The molecular formula is C23H29N7O3. The van der Waals surface area contributed by atoms with Gasteiger partial charge in [-0.1, -0.05) is 41.6 Å². The van der Waals surface area contributed by atoms with E-state index < -0.39 is 5.60 Å². The van der Waals surface area contributed by atoms with Crippen LogP contribution in [0.2, 0.25) is 0 Å². The van der Waals surface area contributed by atoms with Crippen LogP contribution in [0.25, 0.3) is 0 Å². The highest BCUT2D eigenvalue weighted by Gasteiger charge is 2.20. The first-order valence-corrected chi connectivity index (χ1v) is 10.5. The van der Waals surface area contributed by atoms with Crippen molar-refractivity contribution in [3.63, 3.8) is 0 Å². The first kappa shape index (κ1) is 23.9. The Kier molecular flexibility index (Phi) is 8.09. The zero-order valence-corrected chi connectivity index (χ0v) is 19.4. The average molecular weight is 452 g/mol. The monoisotopic (exact) mass is 451 g/mol. The van der Waals surface area contributed by atoms with Crippen LogP contribution >= 0.6 is 0 Å². The molecule has 3 rings (SSSR count). The SMILES string of the molecule is C=C(Nc1cccc(CO/N=C(/c2ccccc2)c2nnnn2C)n1)OC(C)(C)CCOC. The van der Waals surface area contributed by atoms with Gasteiger partial charge in [-0.15, -0.1) is 5.10 Å². The van der Waals surface area contributed by atoms with Gasteiger partial charge < -0.3 is 19.6 Å². The molecular weight excluding hydrogens is 422 g/mol. The third-order valence-corrected chi connectivity index (χ3v) is 4.63. The molecule has 0 fully saturated rings. The second kappa shape index (κ2) is 11.2. The van der Waals surface area contributed by atoms with Gasteiger partial charge in [-0.25, -0.2) is 9.67 Å². The molecule has 0 atom stereocenters.